The van der Waals surface area contributed by atoms with Crippen LogP contribution >= 0.6 is 0 Å². The maximum Gasteiger partial charge on any atom is 0.258 e. The van der Waals surface area contributed by atoms with Gasteiger partial charge < -0.3 is 9.88 Å². The summed E-state index contributed by atoms with van der Waals surface area (Å²) in [5.41, 5.74) is 2.75. The second kappa shape index (κ2) is 7.28. The lowest BCUT2D eigenvalue weighted by Gasteiger charge is -2.19. The van der Waals surface area contributed by atoms with Gasteiger partial charge in [-0.1, -0.05) is 6.07 Å². The fourth-order valence-electron chi connectivity index (χ4n) is 2.82. The van der Waals surface area contributed by atoms with E-state index in [4.69, 9.17) is 0 Å². The number of nitriles is 1. The first kappa shape index (κ1) is 19.3. The Hall–Kier alpha value is -3.46. The monoisotopic (exact) mass is 376 g/mol. The number of anilines is 1. The molecular formula is C22H21FN4O. The van der Waals surface area contributed by atoms with Gasteiger partial charge in [0, 0.05) is 17.6 Å². The topological polar surface area (TPSA) is 70.7 Å². The predicted octanol–water partition coefficient (Wildman–Crippen LogP) is 4.68. The van der Waals surface area contributed by atoms with Crippen molar-refractivity contribution in [1.29, 1.82) is 5.26 Å². The van der Waals surface area contributed by atoms with E-state index in [1.54, 1.807) is 45.3 Å². The number of halogens is 1. The maximum absolute atomic E-state index is 14.2. The van der Waals surface area contributed by atoms with Crippen LogP contribution in [0.2, 0.25) is 0 Å². The minimum atomic E-state index is -0.764. The average Bonchev–Trinajstić information content (AvgIpc) is 3.07. The van der Waals surface area contributed by atoms with Crippen molar-refractivity contribution >= 4 is 11.6 Å². The summed E-state index contributed by atoms with van der Waals surface area (Å²) in [4.78, 5) is 16.8. The molecule has 0 unspecified atom stereocenters. The smallest absolute Gasteiger partial charge is 0.258 e. The van der Waals surface area contributed by atoms with Crippen molar-refractivity contribution in [3.63, 3.8) is 0 Å². The predicted molar refractivity (Wildman–Crippen MR) is 106 cm³/mol. The van der Waals surface area contributed by atoms with Gasteiger partial charge in [-0.05, 0) is 69.2 Å². The molecular weight excluding hydrogens is 355 g/mol. The minimum Gasteiger partial charge on any atom is -0.322 e. The molecule has 142 valence electrons. The largest absolute Gasteiger partial charge is 0.322 e. The first-order valence-electron chi connectivity index (χ1n) is 8.85. The van der Waals surface area contributed by atoms with E-state index in [1.165, 1.54) is 12.1 Å². The second-order valence-electron chi connectivity index (χ2n) is 7.37. The third-order valence-corrected chi connectivity index (χ3v) is 4.56. The minimum absolute atomic E-state index is 0.0319. The summed E-state index contributed by atoms with van der Waals surface area (Å²) in [6.07, 6.45) is 3.52. The van der Waals surface area contributed by atoms with Crippen LogP contribution < -0.4 is 5.32 Å². The summed E-state index contributed by atoms with van der Waals surface area (Å²) in [7, 11) is 0. The Morgan fingerprint density at radius 3 is 2.57 bits per heavy atom. The summed E-state index contributed by atoms with van der Waals surface area (Å²) in [5, 5.41) is 12.3. The van der Waals surface area contributed by atoms with E-state index in [1.807, 2.05) is 23.8 Å². The lowest BCUT2D eigenvalue weighted by Crippen LogP contribution is -2.17. The normalized spacial score (nSPS) is 11.1. The zero-order valence-corrected chi connectivity index (χ0v) is 16.2. The molecule has 0 radical (unpaired) electrons. The Morgan fingerprint density at radius 1 is 1.21 bits per heavy atom. The highest BCUT2D eigenvalue weighted by Crippen LogP contribution is 2.28. The number of nitrogens with one attached hydrogen (secondary N) is 1. The second-order valence-corrected chi connectivity index (χ2v) is 7.37. The van der Waals surface area contributed by atoms with E-state index < -0.39 is 17.1 Å². The Labute approximate surface area is 163 Å². The molecule has 0 saturated carbocycles. The molecule has 2 aromatic carbocycles. The number of nitrogens with zero attached hydrogens (tertiary/aromatic N) is 3. The first-order valence-corrected chi connectivity index (χ1v) is 8.85. The Kier molecular flexibility index (Phi) is 5.02. The molecule has 0 aliphatic carbocycles. The van der Waals surface area contributed by atoms with Crippen LogP contribution in [0.15, 0.2) is 48.9 Å². The van der Waals surface area contributed by atoms with Crippen molar-refractivity contribution in [2.24, 2.45) is 0 Å². The van der Waals surface area contributed by atoms with E-state index in [2.05, 4.69) is 16.4 Å². The number of imidazole rings is 1. The molecule has 3 rings (SSSR count). The summed E-state index contributed by atoms with van der Waals surface area (Å²) >= 11 is 0. The molecule has 6 heteroatoms. The van der Waals surface area contributed by atoms with Gasteiger partial charge in [0.25, 0.3) is 5.91 Å². The van der Waals surface area contributed by atoms with Crippen LogP contribution in [0.1, 0.15) is 41.0 Å². The van der Waals surface area contributed by atoms with E-state index in [9.17, 15) is 14.4 Å². The zero-order valence-electron chi connectivity index (χ0n) is 16.2. The first-order chi connectivity index (χ1) is 13.2. The highest BCUT2D eigenvalue weighted by Gasteiger charge is 2.22. The molecule has 0 bridgehead atoms. The number of aromatic nitrogens is 2. The van der Waals surface area contributed by atoms with Gasteiger partial charge in [-0.3, -0.25) is 4.79 Å². The molecule has 1 heterocycles. The molecule has 0 fully saturated rings. The highest BCUT2D eigenvalue weighted by atomic mass is 19.1. The molecule has 1 amide bonds. The van der Waals surface area contributed by atoms with E-state index in [0.717, 1.165) is 22.5 Å². The van der Waals surface area contributed by atoms with E-state index in [0.29, 0.717) is 5.69 Å². The van der Waals surface area contributed by atoms with Crippen LogP contribution in [0.3, 0.4) is 0 Å². The molecule has 1 N–H and O–H groups in total. The van der Waals surface area contributed by atoms with E-state index in [-0.39, 0.29) is 5.56 Å². The van der Waals surface area contributed by atoms with Gasteiger partial charge in [0.15, 0.2) is 0 Å². The van der Waals surface area contributed by atoms with Crippen molar-refractivity contribution in [1.82, 2.24) is 9.55 Å². The van der Waals surface area contributed by atoms with Gasteiger partial charge in [-0.25, -0.2) is 9.37 Å². The number of hydrogen-bond acceptors (Lipinski definition) is 3. The summed E-state index contributed by atoms with van der Waals surface area (Å²) in [6, 6.07) is 12.1. The van der Waals surface area contributed by atoms with Crippen molar-refractivity contribution < 1.29 is 9.18 Å². The van der Waals surface area contributed by atoms with Crippen molar-refractivity contribution in [2.75, 3.05) is 5.32 Å². The van der Waals surface area contributed by atoms with Gasteiger partial charge >= 0.3 is 0 Å². The molecule has 3 aromatic rings. The molecule has 28 heavy (non-hydrogen) atoms. The zero-order chi connectivity index (χ0) is 20.5. The quantitative estimate of drug-likeness (QED) is 0.718. The summed E-state index contributed by atoms with van der Waals surface area (Å²) in [6.45, 7) is 7.24. The molecule has 0 spiro atoms. The highest BCUT2D eigenvalue weighted by molar-refractivity contribution is 6.04. The van der Waals surface area contributed by atoms with Gasteiger partial charge in [0.1, 0.15) is 5.82 Å². The lowest BCUT2D eigenvalue weighted by molar-refractivity contribution is 0.102. The molecule has 1 aromatic heterocycles. The van der Waals surface area contributed by atoms with Crippen LogP contribution in [0.25, 0.3) is 5.69 Å². The number of benzene rings is 2. The standard InChI is InChI=1S/C22H21FN4O/c1-14-5-6-19(20(23)7-14)21(28)26-17-8-16(22(3,4)12-24)9-18(10-17)27-11-15(2)25-13-27/h5-11,13H,1-4H3,(H,26,28). The number of aryl methyl sites for hydroxylation is 2. The molecule has 5 nitrogen and oxygen atoms in total. The molecule has 0 saturated heterocycles. The van der Waals surface area contributed by atoms with Crippen molar-refractivity contribution in [2.45, 2.75) is 33.1 Å². The number of hydrogen-bond donors (Lipinski definition) is 1. The van der Waals surface area contributed by atoms with Crippen molar-refractivity contribution in [3.8, 4) is 11.8 Å². The van der Waals surface area contributed by atoms with Gasteiger partial charge in [0.05, 0.1) is 29.1 Å². The van der Waals surface area contributed by atoms with E-state index >= 15 is 0 Å². The third kappa shape index (κ3) is 3.94. The number of amides is 1. The average molecular weight is 376 g/mol. The number of carbonyl (C=O) groups excluding carboxylic acids is 1. The SMILES string of the molecule is Cc1ccc(C(=O)Nc2cc(-n3cnc(C)c3)cc(C(C)(C)C#N)c2)c(F)c1. The van der Waals surface area contributed by atoms with Crippen LogP contribution in [0, 0.1) is 31.0 Å². The van der Waals surface area contributed by atoms with Crippen LogP contribution in [-0.2, 0) is 5.41 Å². The molecule has 0 atom stereocenters. The van der Waals surface area contributed by atoms with Gasteiger partial charge in [0.2, 0.25) is 0 Å². The number of carbonyl (C=O) groups is 1. The van der Waals surface area contributed by atoms with Gasteiger partial charge in [-0.15, -0.1) is 0 Å². The summed E-state index contributed by atoms with van der Waals surface area (Å²) in [5.74, 6) is -1.12. The van der Waals surface area contributed by atoms with Crippen LogP contribution in [0.4, 0.5) is 10.1 Å². The lowest BCUT2D eigenvalue weighted by atomic mass is 9.86. The molecule has 0 aliphatic heterocycles. The summed E-state index contributed by atoms with van der Waals surface area (Å²) < 4.78 is 16.0. The number of rotatable bonds is 4. The molecule has 0 aliphatic rings. The third-order valence-electron chi connectivity index (χ3n) is 4.56. The van der Waals surface area contributed by atoms with Crippen LogP contribution in [-0.4, -0.2) is 15.5 Å². The fraction of sp³-hybridized carbons (Fsp3) is 0.227. The Balaban J connectivity index is 2.03. The maximum atomic E-state index is 14.2. The Morgan fingerprint density at radius 2 is 1.96 bits per heavy atom. The van der Waals surface area contributed by atoms with Gasteiger partial charge in [-0.2, -0.15) is 5.26 Å². The Bertz CT molecular complexity index is 1090. The van der Waals surface area contributed by atoms with Crippen LogP contribution in [0.5, 0.6) is 0 Å². The van der Waals surface area contributed by atoms with Crippen molar-refractivity contribution in [3.05, 3.63) is 77.1 Å². The fourth-order valence-corrected chi connectivity index (χ4v) is 2.82.